The van der Waals surface area contributed by atoms with Gasteiger partial charge < -0.3 is 14.9 Å². The Morgan fingerprint density at radius 3 is 2.61 bits per heavy atom. The van der Waals surface area contributed by atoms with Gasteiger partial charge in [0.2, 0.25) is 0 Å². The molecule has 1 fully saturated rings. The molecule has 3 nitrogen and oxygen atoms in total. The maximum absolute atomic E-state index is 10.3. The number of rotatable bonds is 5. The van der Waals surface area contributed by atoms with E-state index < -0.39 is 6.10 Å². The molecule has 2 N–H and O–H groups in total. The van der Waals surface area contributed by atoms with Crippen molar-refractivity contribution >= 4 is 6.08 Å². The van der Waals surface area contributed by atoms with Gasteiger partial charge >= 0.3 is 0 Å². The van der Waals surface area contributed by atoms with Crippen LogP contribution in [-0.2, 0) is 24.0 Å². The normalized spacial score (nSPS) is 24.2. The van der Waals surface area contributed by atoms with E-state index in [1.807, 2.05) is 6.08 Å². The summed E-state index contributed by atoms with van der Waals surface area (Å²) < 4.78 is 6.15. The van der Waals surface area contributed by atoms with Gasteiger partial charge in [-0.25, -0.2) is 0 Å². The van der Waals surface area contributed by atoms with Gasteiger partial charge in [0.1, 0.15) is 0 Å². The number of benzene rings is 2. The first-order valence-corrected chi connectivity index (χ1v) is 10.4. The van der Waals surface area contributed by atoms with Crippen molar-refractivity contribution in [1.29, 1.82) is 0 Å². The maximum atomic E-state index is 10.3. The van der Waals surface area contributed by atoms with Crippen LogP contribution >= 0.6 is 0 Å². The Morgan fingerprint density at radius 1 is 1.14 bits per heavy atom. The van der Waals surface area contributed by atoms with Crippen LogP contribution in [0.1, 0.15) is 64.3 Å². The number of aliphatic hydroxyl groups is 2. The lowest BCUT2D eigenvalue weighted by Crippen LogP contribution is -2.34. The van der Waals surface area contributed by atoms with E-state index in [4.69, 9.17) is 4.74 Å². The summed E-state index contributed by atoms with van der Waals surface area (Å²) >= 11 is 0. The first kappa shape index (κ1) is 19.4. The van der Waals surface area contributed by atoms with E-state index in [1.54, 1.807) is 0 Å². The van der Waals surface area contributed by atoms with E-state index in [0.29, 0.717) is 12.8 Å². The van der Waals surface area contributed by atoms with Crippen LogP contribution < -0.4 is 0 Å². The van der Waals surface area contributed by atoms with E-state index in [9.17, 15) is 10.2 Å². The second kappa shape index (κ2) is 8.20. The van der Waals surface area contributed by atoms with Gasteiger partial charge in [-0.3, -0.25) is 0 Å². The molecule has 0 bridgehead atoms. The quantitative estimate of drug-likeness (QED) is 0.816. The Balaban J connectivity index is 1.69. The van der Waals surface area contributed by atoms with Crippen LogP contribution in [0.4, 0.5) is 0 Å². The summed E-state index contributed by atoms with van der Waals surface area (Å²) in [5, 5.41) is 19.8. The van der Waals surface area contributed by atoms with Crippen molar-refractivity contribution in [2.75, 3.05) is 6.61 Å². The minimum atomic E-state index is -0.418. The maximum Gasteiger partial charge on any atom is 0.0857 e. The summed E-state index contributed by atoms with van der Waals surface area (Å²) in [6.07, 6.45) is 6.52. The van der Waals surface area contributed by atoms with Gasteiger partial charge in [0.05, 0.1) is 24.9 Å². The molecule has 3 atom stereocenters. The zero-order valence-electron chi connectivity index (χ0n) is 16.7. The van der Waals surface area contributed by atoms with Gasteiger partial charge in [0, 0.05) is 12.8 Å². The zero-order chi connectivity index (χ0) is 19.7. The predicted molar refractivity (Wildman–Crippen MR) is 112 cm³/mol. The SMILES string of the molecule is C=Cc1ccc(Cc2cc(C3CC(O)CC(CO)O3)c(C)c3c2CCC3)cc1. The first-order valence-electron chi connectivity index (χ1n) is 10.4. The molecule has 0 amide bonds. The van der Waals surface area contributed by atoms with Crippen LogP contribution in [0.3, 0.4) is 0 Å². The highest BCUT2D eigenvalue weighted by molar-refractivity contribution is 5.51. The molecule has 2 aromatic carbocycles. The molecule has 0 saturated carbocycles. The molecular weight excluding hydrogens is 348 g/mol. The summed E-state index contributed by atoms with van der Waals surface area (Å²) in [4.78, 5) is 0. The highest BCUT2D eigenvalue weighted by atomic mass is 16.5. The lowest BCUT2D eigenvalue weighted by atomic mass is 9.86. The topological polar surface area (TPSA) is 49.7 Å². The standard InChI is InChI=1S/C25H30O3/c1-3-17-7-9-18(10-8-17)11-19-12-24(16(2)22-5-4-6-23(19)22)25-14-20(27)13-21(15-26)28-25/h3,7-10,12,20-21,25-27H,1,4-6,11,13-15H2,2H3. The van der Waals surface area contributed by atoms with Crippen LogP contribution in [0.25, 0.3) is 6.08 Å². The molecule has 1 saturated heterocycles. The second-order valence-corrected chi connectivity index (χ2v) is 8.24. The number of fused-ring (bicyclic) bond motifs is 1. The Hall–Kier alpha value is -1.94. The fourth-order valence-electron chi connectivity index (χ4n) is 4.86. The summed E-state index contributed by atoms with van der Waals surface area (Å²) in [6.45, 7) is 5.99. The van der Waals surface area contributed by atoms with Crippen molar-refractivity contribution in [2.24, 2.45) is 0 Å². The molecule has 0 spiro atoms. The van der Waals surface area contributed by atoms with Crippen LogP contribution in [0.15, 0.2) is 36.9 Å². The molecule has 3 heteroatoms. The molecule has 148 valence electrons. The fourth-order valence-corrected chi connectivity index (χ4v) is 4.86. The van der Waals surface area contributed by atoms with Gasteiger partial charge in [-0.2, -0.15) is 0 Å². The largest absolute Gasteiger partial charge is 0.394 e. The smallest absolute Gasteiger partial charge is 0.0857 e. The molecule has 4 rings (SSSR count). The fraction of sp³-hybridized carbons (Fsp3) is 0.440. The van der Waals surface area contributed by atoms with Crippen LogP contribution in [0.5, 0.6) is 0 Å². The highest BCUT2D eigenvalue weighted by Gasteiger charge is 2.31. The molecule has 28 heavy (non-hydrogen) atoms. The third-order valence-electron chi connectivity index (χ3n) is 6.36. The van der Waals surface area contributed by atoms with E-state index in [0.717, 1.165) is 24.8 Å². The minimum Gasteiger partial charge on any atom is -0.394 e. The average Bonchev–Trinajstić information content (AvgIpc) is 3.21. The van der Waals surface area contributed by atoms with Gasteiger partial charge in [-0.1, -0.05) is 43.0 Å². The number of hydrogen-bond donors (Lipinski definition) is 2. The summed E-state index contributed by atoms with van der Waals surface area (Å²) in [6, 6.07) is 10.9. The molecule has 0 aromatic heterocycles. The van der Waals surface area contributed by atoms with Crippen molar-refractivity contribution in [3.8, 4) is 0 Å². The summed E-state index contributed by atoms with van der Waals surface area (Å²) in [7, 11) is 0. The Labute approximate surface area is 167 Å². The van der Waals surface area contributed by atoms with Gasteiger partial charge in [-0.05, 0) is 71.6 Å². The minimum absolute atomic E-state index is 0.0416. The Bertz CT molecular complexity index is 853. The molecule has 2 aromatic rings. The van der Waals surface area contributed by atoms with E-state index in [-0.39, 0.29) is 18.8 Å². The lowest BCUT2D eigenvalue weighted by Gasteiger charge is -2.34. The Morgan fingerprint density at radius 2 is 1.89 bits per heavy atom. The van der Waals surface area contributed by atoms with Crippen molar-refractivity contribution in [3.63, 3.8) is 0 Å². The highest BCUT2D eigenvalue weighted by Crippen LogP contribution is 2.39. The summed E-state index contributed by atoms with van der Waals surface area (Å²) in [5.74, 6) is 0. The molecule has 1 heterocycles. The third-order valence-corrected chi connectivity index (χ3v) is 6.36. The number of ether oxygens (including phenoxy) is 1. The van der Waals surface area contributed by atoms with Crippen LogP contribution in [-0.4, -0.2) is 29.0 Å². The monoisotopic (exact) mass is 378 g/mol. The first-order chi connectivity index (χ1) is 13.6. The zero-order valence-corrected chi connectivity index (χ0v) is 16.7. The Kier molecular flexibility index (Phi) is 5.68. The van der Waals surface area contributed by atoms with Crippen molar-refractivity contribution in [3.05, 3.63) is 75.9 Å². The molecule has 1 aliphatic heterocycles. The van der Waals surface area contributed by atoms with Crippen LogP contribution in [0, 0.1) is 6.92 Å². The average molecular weight is 379 g/mol. The molecule has 3 unspecified atom stereocenters. The molecule has 0 radical (unpaired) electrons. The number of hydrogen-bond acceptors (Lipinski definition) is 3. The van der Waals surface area contributed by atoms with E-state index in [2.05, 4.69) is 43.8 Å². The van der Waals surface area contributed by atoms with Crippen molar-refractivity contribution < 1.29 is 14.9 Å². The van der Waals surface area contributed by atoms with Gasteiger partial charge in [0.25, 0.3) is 0 Å². The molecule has 1 aliphatic carbocycles. The molecule has 2 aliphatic rings. The van der Waals surface area contributed by atoms with Crippen molar-refractivity contribution in [2.45, 2.75) is 63.8 Å². The number of aliphatic hydroxyl groups excluding tert-OH is 2. The van der Waals surface area contributed by atoms with Gasteiger partial charge in [0.15, 0.2) is 0 Å². The third kappa shape index (κ3) is 3.80. The van der Waals surface area contributed by atoms with Gasteiger partial charge in [-0.15, -0.1) is 0 Å². The second-order valence-electron chi connectivity index (χ2n) is 8.24. The molecular formula is C25H30O3. The lowest BCUT2D eigenvalue weighted by molar-refractivity contribution is -0.114. The van der Waals surface area contributed by atoms with E-state index >= 15 is 0 Å². The van der Waals surface area contributed by atoms with Crippen LogP contribution in [0.2, 0.25) is 0 Å². The predicted octanol–water partition coefficient (Wildman–Crippen LogP) is 4.29. The van der Waals surface area contributed by atoms with E-state index in [1.165, 1.54) is 39.8 Å². The van der Waals surface area contributed by atoms with Crippen molar-refractivity contribution in [1.82, 2.24) is 0 Å². The summed E-state index contributed by atoms with van der Waals surface area (Å²) in [5.41, 5.74) is 9.29.